The van der Waals surface area contributed by atoms with Crippen molar-refractivity contribution in [3.05, 3.63) is 23.8 Å². The fourth-order valence-electron chi connectivity index (χ4n) is 2.43. The first-order chi connectivity index (χ1) is 9.99. The quantitative estimate of drug-likeness (QED) is 0.667. The highest BCUT2D eigenvalue weighted by molar-refractivity contribution is 7.98. The summed E-state index contributed by atoms with van der Waals surface area (Å²) in [4.78, 5) is 3.86. The Hall–Kier alpha value is -0.670. The van der Waals surface area contributed by atoms with Crippen molar-refractivity contribution in [2.75, 3.05) is 24.2 Å². The van der Waals surface area contributed by atoms with Gasteiger partial charge in [-0.3, -0.25) is 0 Å². The molecule has 0 amide bonds. The SMILES string of the molecule is CSc1cccc(N(CCC(C)C)CCC(C)C)c1CN. The van der Waals surface area contributed by atoms with Gasteiger partial charge in [-0.15, -0.1) is 11.8 Å². The van der Waals surface area contributed by atoms with Crippen LogP contribution in [0.1, 0.15) is 46.1 Å². The third-order valence-electron chi connectivity index (χ3n) is 3.83. The third kappa shape index (κ3) is 5.91. The summed E-state index contributed by atoms with van der Waals surface area (Å²) >= 11 is 1.79. The molecule has 0 spiro atoms. The fraction of sp³-hybridized carbons (Fsp3) is 0.667. The first-order valence-corrected chi connectivity index (χ1v) is 9.32. The second-order valence-electron chi connectivity index (χ2n) is 6.51. The third-order valence-corrected chi connectivity index (χ3v) is 4.65. The average Bonchev–Trinajstić information content (AvgIpc) is 2.45. The van der Waals surface area contributed by atoms with Gasteiger partial charge in [-0.05, 0) is 43.1 Å². The van der Waals surface area contributed by atoms with Crippen LogP contribution in [0.25, 0.3) is 0 Å². The lowest BCUT2D eigenvalue weighted by atomic mass is 10.1. The van der Waals surface area contributed by atoms with Gasteiger partial charge in [0.1, 0.15) is 0 Å². The van der Waals surface area contributed by atoms with Crippen LogP contribution in [-0.4, -0.2) is 19.3 Å². The smallest absolute Gasteiger partial charge is 0.0423 e. The molecule has 0 aliphatic heterocycles. The van der Waals surface area contributed by atoms with Gasteiger partial charge in [-0.25, -0.2) is 0 Å². The Balaban J connectivity index is 3.00. The van der Waals surface area contributed by atoms with Gasteiger partial charge < -0.3 is 10.6 Å². The minimum absolute atomic E-state index is 0.617. The zero-order valence-electron chi connectivity index (χ0n) is 14.4. The number of anilines is 1. The van der Waals surface area contributed by atoms with Crippen molar-refractivity contribution in [3.8, 4) is 0 Å². The number of benzene rings is 1. The molecule has 0 saturated carbocycles. The van der Waals surface area contributed by atoms with Gasteiger partial charge in [-0.2, -0.15) is 0 Å². The number of thioether (sulfide) groups is 1. The Bertz CT molecular complexity index is 404. The highest BCUT2D eigenvalue weighted by atomic mass is 32.2. The maximum Gasteiger partial charge on any atom is 0.0423 e. The van der Waals surface area contributed by atoms with Crippen molar-refractivity contribution >= 4 is 17.4 Å². The van der Waals surface area contributed by atoms with E-state index in [1.54, 1.807) is 11.8 Å². The van der Waals surface area contributed by atoms with E-state index >= 15 is 0 Å². The molecule has 21 heavy (non-hydrogen) atoms. The molecule has 0 saturated heterocycles. The average molecular weight is 309 g/mol. The Morgan fingerprint density at radius 3 is 2.05 bits per heavy atom. The second kappa shape index (κ2) is 9.37. The van der Waals surface area contributed by atoms with Gasteiger partial charge in [0.15, 0.2) is 0 Å². The molecule has 2 nitrogen and oxygen atoms in total. The van der Waals surface area contributed by atoms with Crippen LogP contribution in [-0.2, 0) is 6.54 Å². The molecule has 0 aromatic heterocycles. The summed E-state index contributed by atoms with van der Waals surface area (Å²) in [7, 11) is 0. The van der Waals surface area contributed by atoms with E-state index in [2.05, 4.69) is 57.0 Å². The molecule has 0 fully saturated rings. The van der Waals surface area contributed by atoms with E-state index < -0.39 is 0 Å². The maximum atomic E-state index is 6.04. The minimum Gasteiger partial charge on any atom is -0.371 e. The van der Waals surface area contributed by atoms with Gasteiger partial charge in [0, 0.05) is 35.8 Å². The molecule has 2 N–H and O–H groups in total. The molecular formula is C18H32N2S. The lowest BCUT2D eigenvalue weighted by Gasteiger charge is -2.29. The van der Waals surface area contributed by atoms with E-state index in [0.717, 1.165) is 24.9 Å². The summed E-state index contributed by atoms with van der Waals surface area (Å²) in [6.07, 6.45) is 4.59. The Labute approximate surface area is 135 Å². The number of hydrogen-bond donors (Lipinski definition) is 1. The van der Waals surface area contributed by atoms with E-state index in [1.165, 1.54) is 29.0 Å². The summed E-state index contributed by atoms with van der Waals surface area (Å²) in [5.41, 5.74) is 8.68. The van der Waals surface area contributed by atoms with Crippen molar-refractivity contribution in [2.45, 2.75) is 52.0 Å². The van der Waals surface area contributed by atoms with E-state index in [-0.39, 0.29) is 0 Å². The lowest BCUT2D eigenvalue weighted by Crippen LogP contribution is -2.29. The van der Waals surface area contributed by atoms with Crippen molar-refractivity contribution in [1.29, 1.82) is 0 Å². The topological polar surface area (TPSA) is 29.3 Å². The normalized spacial score (nSPS) is 11.4. The zero-order valence-corrected chi connectivity index (χ0v) is 15.2. The molecule has 1 rings (SSSR count). The van der Waals surface area contributed by atoms with E-state index in [0.29, 0.717) is 6.54 Å². The van der Waals surface area contributed by atoms with Crippen LogP contribution in [0.5, 0.6) is 0 Å². The first kappa shape index (κ1) is 18.4. The molecule has 1 aromatic carbocycles. The fourth-order valence-corrected chi connectivity index (χ4v) is 3.08. The number of nitrogens with zero attached hydrogens (tertiary/aromatic N) is 1. The Morgan fingerprint density at radius 1 is 1.05 bits per heavy atom. The molecule has 120 valence electrons. The van der Waals surface area contributed by atoms with Crippen LogP contribution in [0.2, 0.25) is 0 Å². The van der Waals surface area contributed by atoms with E-state index in [1.807, 2.05) is 0 Å². The molecule has 0 aliphatic carbocycles. The molecule has 0 bridgehead atoms. The van der Waals surface area contributed by atoms with Crippen LogP contribution in [0, 0.1) is 11.8 Å². The second-order valence-corrected chi connectivity index (χ2v) is 7.36. The lowest BCUT2D eigenvalue weighted by molar-refractivity contribution is 0.534. The molecule has 3 heteroatoms. The largest absolute Gasteiger partial charge is 0.371 e. The number of nitrogens with two attached hydrogens (primary N) is 1. The van der Waals surface area contributed by atoms with Crippen molar-refractivity contribution < 1.29 is 0 Å². The van der Waals surface area contributed by atoms with Crippen LogP contribution in [0.15, 0.2) is 23.1 Å². The van der Waals surface area contributed by atoms with Gasteiger partial charge in [0.2, 0.25) is 0 Å². The summed E-state index contributed by atoms with van der Waals surface area (Å²) < 4.78 is 0. The van der Waals surface area contributed by atoms with Crippen LogP contribution in [0.3, 0.4) is 0 Å². The van der Waals surface area contributed by atoms with Crippen LogP contribution >= 0.6 is 11.8 Å². The van der Waals surface area contributed by atoms with E-state index in [4.69, 9.17) is 5.73 Å². The highest BCUT2D eigenvalue weighted by Gasteiger charge is 2.14. The maximum absolute atomic E-state index is 6.04. The molecule has 0 unspecified atom stereocenters. The zero-order chi connectivity index (χ0) is 15.8. The minimum atomic E-state index is 0.617. The molecule has 0 radical (unpaired) electrons. The van der Waals surface area contributed by atoms with Gasteiger partial charge in [0.25, 0.3) is 0 Å². The standard InChI is InChI=1S/C18H32N2S/c1-14(2)9-11-20(12-10-15(3)4)17-7-6-8-18(21-5)16(17)13-19/h6-8,14-15H,9-13,19H2,1-5H3. The predicted molar refractivity (Wildman–Crippen MR) is 97.2 cm³/mol. The number of hydrogen-bond acceptors (Lipinski definition) is 3. The van der Waals surface area contributed by atoms with E-state index in [9.17, 15) is 0 Å². The number of rotatable bonds is 9. The van der Waals surface area contributed by atoms with Gasteiger partial charge >= 0.3 is 0 Å². The summed E-state index contributed by atoms with van der Waals surface area (Å²) in [6.45, 7) is 12.0. The molecule has 1 aromatic rings. The van der Waals surface area contributed by atoms with Gasteiger partial charge in [-0.1, -0.05) is 33.8 Å². The summed E-state index contributed by atoms with van der Waals surface area (Å²) in [5.74, 6) is 1.47. The monoisotopic (exact) mass is 308 g/mol. The molecule has 0 aliphatic rings. The van der Waals surface area contributed by atoms with Crippen molar-refractivity contribution in [1.82, 2.24) is 0 Å². The molecule has 0 atom stereocenters. The summed E-state index contributed by atoms with van der Waals surface area (Å²) in [6, 6.07) is 6.58. The summed E-state index contributed by atoms with van der Waals surface area (Å²) in [5, 5.41) is 0. The highest BCUT2D eigenvalue weighted by Crippen LogP contribution is 2.30. The van der Waals surface area contributed by atoms with Crippen LogP contribution < -0.4 is 10.6 Å². The predicted octanol–water partition coefficient (Wildman–Crippen LogP) is 4.77. The molecule has 0 heterocycles. The molecular weight excluding hydrogens is 276 g/mol. The van der Waals surface area contributed by atoms with Crippen molar-refractivity contribution in [2.24, 2.45) is 17.6 Å². The van der Waals surface area contributed by atoms with Crippen molar-refractivity contribution in [3.63, 3.8) is 0 Å². The van der Waals surface area contributed by atoms with Crippen LogP contribution in [0.4, 0.5) is 5.69 Å². The van der Waals surface area contributed by atoms with Gasteiger partial charge in [0.05, 0.1) is 0 Å². The Kier molecular flexibility index (Phi) is 8.20. The first-order valence-electron chi connectivity index (χ1n) is 8.10. The Morgan fingerprint density at radius 2 is 1.62 bits per heavy atom.